The van der Waals surface area contributed by atoms with Crippen LogP contribution in [0.15, 0.2) is 61.2 Å². The number of nitrogens with zero attached hydrogens (tertiary/aromatic N) is 2. The van der Waals surface area contributed by atoms with E-state index in [0.717, 1.165) is 28.1 Å². The average molecular weight is 332 g/mol. The maximum atomic E-state index is 12.5. The lowest BCUT2D eigenvalue weighted by Crippen LogP contribution is -2.13. The molecular weight excluding hydrogens is 312 g/mol. The molecule has 3 aromatic rings. The third-order valence-corrected chi connectivity index (χ3v) is 3.89. The quantitative estimate of drug-likeness (QED) is 0.742. The largest absolute Gasteiger partial charge is 0.380 e. The van der Waals surface area contributed by atoms with Gasteiger partial charge in [-0.3, -0.25) is 14.8 Å². The molecule has 0 radical (unpaired) electrons. The van der Waals surface area contributed by atoms with Gasteiger partial charge >= 0.3 is 0 Å². The van der Waals surface area contributed by atoms with Gasteiger partial charge < -0.3 is 10.6 Å². The maximum absolute atomic E-state index is 12.5. The van der Waals surface area contributed by atoms with Gasteiger partial charge in [-0.15, -0.1) is 0 Å². The Kier molecular flexibility index (Phi) is 5.04. The average Bonchev–Trinajstić information content (AvgIpc) is 2.64. The Labute approximate surface area is 147 Å². The summed E-state index contributed by atoms with van der Waals surface area (Å²) in [6, 6.07) is 11.7. The number of hydrogen-bond donors (Lipinski definition) is 2. The van der Waals surface area contributed by atoms with Gasteiger partial charge in [0.05, 0.1) is 11.3 Å². The molecule has 3 rings (SSSR count). The van der Waals surface area contributed by atoms with Gasteiger partial charge in [0.2, 0.25) is 0 Å². The molecule has 0 saturated heterocycles. The molecule has 2 heterocycles. The molecule has 1 aromatic carbocycles. The molecule has 0 unspecified atom stereocenters. The summed E-state index contributed by atoms with van der Waals surface area (Å²) in [6.07, 6.45) is 6.78. The number of carbonyl (C=O) groups is 1. The Hall–Kier alpha value is -3.21. The van der Waals surface area contributed by atoms with Crippen LogP contribution in [-0.4, -0.2) is 15.9 Å². The Bertz CT molecular complexity index is 878. The Morgan fingerprint density at radius 1 is 1.00 bits per heavy atom. The highest BCUT2D eigenvalue weighted by atomic mass is 16.1. The van der Waals surface area contributed by atoms with E-state index in [1.807, 2.05) is 44.2 Å². The molecule has 0 atom stereocenters. The van der Waals surface area contributed by atoms with Gasteiger partial charge in [-0.25, -0.2) is 0 Å². The van der Waals surface area contributed by atoms with E-state index in [1.54, 1.807) is 30.9 Å². The summed E-state index contributed by atoms with van der Waals surface area (Å²) in [5, 5.41) is 6.22. The van der Waals surface area contributed by atoms with Crippen molar-refractivity contribution in [2.45, 2.75) is 20.4 Å². The fraction of sp³-hybridized carbons (Fsp3) is 0.150. The fourth-order valence-corrected chi connectivity index (χ4v) is 2.43. The number of amides is 1. The molecule has 25 heavy (non-hydrogen) atoms. The summed E-state index contributed by atoms with van der Waals surface area (Å²) < 4.78 is 0. The van der Waals surface area contributed by atoms with Gasteiger partial charge in [0, 0.05) is 37.0 Å². The Balaban J connectivity index is 1.70. The molecule has 1 amide bonds. The molecular formula is C20H20N4O. The molecule has 126 valence electrons. The molecule has 0 spiro atoms. The standard InChI is InChI=1S/C20H20N4O/c1-14-3-4-15(2)19(9-14)24-20(25)17-10-18(13-22-12-17)23-11-16-5-7-21-8-6-16/h3-10,12-13,23H,11H2,1-2H3,(H,24,25). The predicted octanol–water partition coefficient (Wildman–Crippen LogP) is 3.96. The van der Waals surface area contributed by atoms with Crippen LogP contribution in [0.3, 0.4) is 0 Å². The minimum Gasteiger partial charge on any atom is -0.380 e. The summed E-state index contributed by atoms with van der Waals surface area (Å²) in [5.41, 5.74) is 5.37. The van der Waals surface area contributed by atoms with Crippen molar-refractivity contribution in [3.63, 3.8) is 0 Å². The van der Waals surface area contributed by atoms with Gasteiger partial charge in [0.15, 0.2) is 0 Å². The van der Waals surface area contributed by atoms with Crippen LogP contribution in [0.1, 0.15) is 27.0 Å². The monoisotopic (exact) mass is 332 g/mol. The van der Waals surface area contributed by atoms with Crippen molar-refractivity contribution in [2.75, 3.05) is 10.6 Å². The van der Waals surface area contributed by atoms with Crippen molar-refractivity contribution in [1.82, 2.24) is 9.97 Å². The van der Waals surface area contributed by atoms with Crippen LogP contribution in [0.4, 0.5) is 11.4 Å². The molecule has 0 aliphatic rings. The second kappa shape index (κ2) is 7.57. The third-order valence-electron chi connectivity index (χ3n) is 3.89. The zero-order chi connectivity index (χ0) is 17.6. The van der Waals surface area contributed by atoms with Crippen molar-refractivity contribution in [1.29, 1.82) is 0 Å². The van der Waals surface area contributed by atoms with Crippen LogP contribution in [0.5, 0.6) is 0 Å². The summed E-state index contributed by atoms with van der Waals surface area (Å²) in [5.74, 6) is -0.172. The number of anilines is 2. The molecule has 0 aliphatic carbocycles. The summed E-state index contributed by atoms with van der Waals surface area (Å²) in [6.45, 7) is 4.62. The molecule has 0 saturated carbocycles. The highest BCUT2D eigenvalue weighted by Gasteiger charge is 2.09. The van der Waals surface area contributed by atoms with E-state index in [9.17, 15) is 4.79 Å². The normalized spacial score (nSPS) is 10.3. The van der Waals surface area contributed by atoms with Crippen LogP contribution >= 0.6 is 0 Å². The van der Waals surface area contributed by atoms with E-state index in [0.29, 0.717) is 12.1 Å². The minimum atomic E-state index is -0.172. The van der Waals surface area contributed by atoms with Gasteiger partial charge in [0.25, 0.3) is 5.91 Å². The predicted molar refractivity (Wildman–Crippen MR) is 99.7 cm³/mol. The van der Waals surface area contributed by atoms with Crippen molar-refractivity contribution >= 4 is 17.3 Å². The fourth-order valence-electron chi connectivity index (χ4n) is 2.43. The first-order chi connectivity index (χ1) is 12.1. The van der Waals surface area contributed by atoms with Gasteiger partial charge in [-0.2, -0.15) is 0 Å². The number of aromatic nitrogens is 2. The second-order valence-electron chi connectivity index (χ2n) is 5.94. The molecule has 5 heteroatoms. The first kappa shape index (κ1) is 16.6. The lowest BCUT2D eigenvalue weighted by atomic mass is 10.1. The molecule has 2 N–H and O–H groups in total. The highest BCUT2D eigenvalue weighted by molar-refractivity contribution is 6.05. The van der Waals surface area contributed by atoms with E-state index in [2.05, 4.69) is 20.6 Å². The number of carbonyl (C=O) groups excluding carboxylic acids is 1. The second-order valence-corrected chi connectivity index (χ2v) is 5.94. The molecule has 2 aromatic heterocycles. The molecule has 0 aliphatic heterocycles. The van der Waals surface area contributed by atoms with E-state index in [-0.39, 0.29) is 5.91 Å². The minimum absolute atomic E-state index is 0.172. The Morgan fingerprint density at radius 3 is 2.60 bits per heavy atom. The summed E-state index contributed by atoms with van der Waals surface area (Å²) in [7, 11) is 0. The van der Waals surface area contributed by atoms with Crippen LogP contribution in [0.2, 0.25) is 0 Å². The number of nitrogens with one attached hydrogen (secondary N) is 2. The first-order valence-corrected chi connectivity index (χ1v) is 8.08. The smallest absolute Gasteiger partial charge is 0.257 e. The van der Waals surface area contributed by atoms with Crippen molar-refractivity contribution in [3.8, 4) is 0 Å². The zero-order valence-electron chi connectivity index (χ0n) is 14.3. The van der Waals surface area contributed by atoms with Crippen LogP contribution in [0, 0.1) is 13.8 Å². The third kappa shape index (κ3) is 4.41. The van der Waals surface area contributed by atoms with Gasteiger partial charge in [0.1, 0.15) is 0 Å². The van der Waals surface area contributed by atoms with Crippen LogP contribution in [-0.2, 0) is 6.54 Å². The first-order valence-electron chi connectivity index (χ1n) is 8.08. The highest BCUT2D eigenvalue weighted by Crippen LogP contribution is 2.18. The SMILES string of the molecule is Cc1ccc(C)c(NC(=O)c2cncc(NCc3ccncc3)c2)c1. The number of aryl methyl sites for hydroxylation is 2. The Morgan fingerprint density at radius 2 is 1.80 bits per heavy atom. The van der Waals surface area contributed by atoms with E-state index in [4.69, 9.17) is 0 Å². The van der Waals surface area contributed by atoms with Crippen molar-refractivity contribution in [3.05, 3.63) is 83.4 Å². The van der Waals surface area contributed by atoms with Crippen molar-refractivity contribution < 1.29 is 4.79 Å². The molecule has 5 nitrogen and oxygen atoms in total. The topological polar surface area (TPSA) is 66.9 Å². The summed E-state index contributed by atoms with van der Waals surface area (Å²) >= 11 is 0. The van der Waals surface area contributed by atoms with E-state index < -0.39 is 0 Å². The molecule has 0 bridgehead atoms. The van der Waals surface area contributed by atoms with E-state index in [1.165, 1.54) is 0 Å². The van der Waals surface area contributed by atoms with Crippen LogP contribution < -0.4 is 10.6 Å². The maximum Gasteiger partial charge on any atom is 0.257 e. The lowest BCUT2D eigenvalue weighted by Gasteiger charge is -2.11. The van der Waals surface area contributed by atoms with Gasteiger partial charge in [-0.05, 0) is 54.8 Å². The van der Waals surface area contributed by atoms with Crippen LogP contribution in [0.25, 0.3) is 0 Å². The van der Waals surface area contributed by atoms with Gasteiger partial charge in [-0.1, -0.05) is 12.1 Å². The lowest BCUT2D eigenvalue weighted by molar-refractivity contribution is 0.102. The number of pyridine rings is 2. The van der Waals surface area contributed by atoms with Crippen molar-refractivity contribution in [2.24, 2.45) is 0 Å². The zero-order valence-corrected chi connectivity index (χ0v) is 14.3. The number of rotatable bonds is 5. The molecule has 0 fully saturated rings. The summed E-state index contributed by atoms with van der Waals surface area (Å²) in [4.78, 5) is 20.7. The number of benzene rings is 1. The number of hydrogen-bond acceptors (Lipinski definition) is 4. The van der Waals surface area contributed by atoms with E-state index >= 15 is 0 Å².